The molecule has 1 saturated heterocycles. The Kier molecular flexibility index (Phi) is 7.30. The third-order valence-corrected chi connectivity index (χ3v) is 3.54. The van der Waals surface area contributed by atoms with Gasteiger partial charge in [0.1, 0.15) is 12.8 Å². The van der Waals surface area contributed by atoms with Gasteiger partial charge in [-0.2, -0.15) is 0 Å². The molecule has 3 atom stereocenters. The van der Waals surface area contributed by atoms with Gasteiger partial charge in [0.2, 0.25) is 5.91 Å². The van der Waals surface area contributed by atoms with Crippen LogP contribution in [0.5, 0.6) is 0 Å². The molecule has 0 aliphatic carbocycles. The van der Waals surface area contributed by atoms with E-state index in [2.05, 4.69) is 0 Å². The Balaban J connectivity index is 2.85. The van der Waals surface area contributed by atoms with Crippen molar-refractivity contribution in [3.63, 3.8) is 0 Å². The van der Waals surface area contributed by atoms with Crippen molar-refractivity contribution >= 4 is 5.91 Å². The van der Waals surface area contributed by atoms with Gasteiger partial charge in [0.05, 0.1) is 0 Å². The van der Waals surface area contributed by atoms with Gasteiger partial charge >= 0.3 is 0 Å². The molecule has 1 amide bonds. The van der Waals surface area contributed by atoms with Crippen LogP contribution in [0.2, 0.25) is 0 Å². The van der Waals surface area contributed by atoms with Crippen molar-refractivity contribution in [2.75, 3.05) is 41.8 Å². The fourth-order valence-corrected chi connectivity index (χ4v) is 2.51. The molecule has 0 aromatic carbocycles. The summed E-state index contributed by atoms with van der Waals surface area (Å²) in [6.07, 6.45) is 1.75. The zero-order valence-corrected chi connectivity index (χ0v) is 12.3. The lowest BCUT2D eigenvalue weighted by Crippen LogP contribution is -2.49. The van der Waals surface area contributed by atoms with Crippen LogP contribution < -0.4 is 0 Å². The van der Waals surface area contributed by atoms with Gasteiger partial charge in [0, 0.05) is 41.0 Å². The minimum absolute atomic E-state index is 0.0466. The number of nitrogens with zero attached hydrogens (tertiary/aromatic N) is 1. The van der Waals surface area contributed by atoms with Crippen LogP contribution in [0.3, 0.4) is 0 Å². The molecule has 0 saturated carbocycles. The van der Waals surface area contributed by atoms with E-state index in [1.165, 1.54) is 0 Å². The second kappa shape index (κ2) is 8.47. The van der Waals surface area contributed by atoms with Crippen molar-refractivity contribution in [1.82, 2.24) is 4.90 Å². The molecule has 1 aliphatic heterocycles. The van der Waals surface area contributed by atoms with Crippen molar-refractivity contribution in [2.45, 2.75) is 31.6 Å². The monoisotopic (exact) mass is 275 g/mol. The van der Waals surface area contributed by atoms with E-state index in [1.807, 2.05) is 0 Å². The number of hydrogen-bond donors (Lipinski definition) is 0. The summed E-state index contributed by atoms with van der Waals surface area (Å²) in [6, 6.07) is 0. The third-order valence-electron chi connectivity index (χ3n) is 3.54. The molecule has 1 fully saturated rings. The van der Waals surface area contributed by atoms with Crippen LogP contribution in [0.15, 0.2) is 0 Å². The quantitative estimate of drug-likeness (QED) is 0.689. The van der Waals surface area contributed by atoms with Gasteiger partial charge < -0.3 is 18.9 Å². The molecule has 6 heteroatoms. The number of likely N-dealkylation sites (tertiary alicyclic amines) is 1. The van der Waals surface area contributed by atoms with Gasteiger partial charge in [0.25, 0.3) is 0 Å². The summed E-state index contributed by atoms with van der Waals surface area (Å²) in [5.41, 5.74) is 0. The molecule has 3 unspecified atom stereocenters. The Morgan fingerprint density at radius 3 is 2.37 bits per heavy atom. The smallest absolute Gasteiger partial charge is 0.229 e. The second-order valence-electron chi connectivity index (χ2n) is 4.68. The average Bonchev–Trinajstić information content (AvgIpc) is 2.55. The molecule has 1 aliphatic rings. The van der Waals surface area contributed by atoms with Gasteiger partial charge in [-0.1, -0.05) is 0 Å². The Bertz CT molecular complexity index is 274. The minimum Gasteiger partial charge on any atom is -0.385 e. The van der Waals surface area contributed by atoms with E-state index in [1.54, 1.807) is 33.3 Å². The molecule has 1 heterocycles. The van der Waals surface area contributed by atoms with E-state index in [0.717, 1.165) is 12.8 Å². The highest BCUT2D eigenvalue weighted by molar-refractivity contribution is 5.79. The fraction of sp³-hybridized carbons (Fsp3) is 0.923. The number of methoxy groups -OCH3 is 4. The third kappa shape index (κ3) is 4.14. The largest absolute Gasteiger partial charge is 0.385 e. The number of ether oxygens (including phenoxy) is 4. The van der Waals surface area contributed by atoms with Crippen LogP contribution in [0.25, 0.3) is 0 Å². The summed E-state index contributed by atoms with van der Waals surface area (Å²) in [7, 11) is 6.44. The van der Waals surface area contributed by atoms with Crippen molar-refractivity contribution in [3.05, 3.63) is 0 Å². The molecule has 0 aromatic heterocycles. The standard InChI is InChI=1S/C13H25NO5/c1-16-8-7-10-5-6-11(18-3)13(19-4)14(9-17-2)12(10)15/h10-11,13H,5-9H2,1-4H3. The van der Waals surface area contributed by atoms with E-state index >= 15 is 0 Å². The molecular weight excluding hydrogens is 250 g/mol. The van der Waals surface area contributed by atoms with E-state index in [-0.39, 0.29) is 24.7 Å². The van der Waals surface area contributed by atoms with Gasteiger partial charge in [0.15, 0.2) is 6.23 Å². The van der Waals surface area contributed by atoms with Crippen LogP contribution >= 0.6 is 0 Å². The maximum absolute atomic E-state index is 12.5. The highest BCUT2D eigenvalue weighted by Gasteiger charge is 2.38. The maximum atomic E-state index is 12.5. The van der Waals surface area contributed by atoms with Crippen molar-refractivity contribution < 1.29 is 23.7 Å². The summed E-state index contributed by atoms with van der Waals surface area (Å²) < 4.78 is 21.1. The maximum Gasteiger partial charge on any atom is 0.229 e. The molecule has 0 N–H and O–H groups in total. The predicted octanol–water partition coefficient (Wildman–Crippen LogP) is 0.853. The lowest BCUT2D eigenvalue weighted by Gasteiger charge is -2.33. The summed E-state index contributed by atoms with van der Waals surface area (Å²) in [6.45, 7) is 0.785. The van der Waals surface area contributed by atoms with Crippen LogP contribution in [0, 0.1) is 5.92 Å². The van der Waals surface area contributed by atoms with Crippen LogP contribution in [0.1, 0.15) is 19.3 Å². The molecule has 19 heavy (non-hydrogen) atoms. The molecule has 0 aromatic rings. The van der Waals surface area contributed by atoms with Crippen molar-refractivity contribution in [1.29, 1.82) is 0 Å². The van der Waals surface area contributed by atoms with Crippen LogP contribution in [0.4, 0.5) is 0 Å². The lowest BCUT2D eigenvalue weighted by molar-refractivity contribution is -0.170. The molecule has 6 nitrogen and oxygen atoms in total. The van der Waals surface area contributed by atoms with E-state index in [9.17, 15) is 4.79 Å². The summed E-state index contributed by atoms with van der Waals surface area (Å²) in [5.74, 6) is -0.0156. The summed E-state index contributed by atoms with van der Waals surface area (Å²) in [5, 5.41) is 0. The molecule has 0 bridgehead atoms. The minimum atomic E-state index is -0.398. The highest BCUT2D eigenvalue weighted by Crippen LogP contribution is 2.26. The van der Waals surface area contributed by atoms with Crippen molar-refractivity contribution in [3.8, 4) is 0 Å². The first-order valence-corrected chi connectivity index (χ1v) is 6.53. The Morgan fingerprint density at radius 1 is 1.11 bits per heavy atom. The molecule has 1 rings (SSSR count). The summed E-state index contributed by atoms with van der Waals surface area (Å²) in [4.78, 5) is 14.1. The number of rotatable bonds is 7. The summed E-state index contributed by atoms with van der Waals surface area (Å²) >= 11 is 0. The van der Waals surface area contributed by atoms with E-state index < -0.39 is 6.23 Å². The predicted molar refractivity (Wildman–Crippen MR) is 69.5 cm³/mol. The second-order valence-corrected chi connectivity index (χ2v) is 4.68. The lowest BCUT2D eigenvalue weighted by atomic mass is 9.98. The topological polar surface area (TPSA) is 57.2 Å². The molecule has 0 spiro atoms. The van der Waals surface area contributed by atoms with Crippen LogP contribution in [-0.4, -0.2) is 64.9 Å². The van der Waals surface area contributed by atoms with Gasteiger partial charge in [-0.25, -0.2) is 0 Å². The zero-order chi connectivity index (χ0) is 14.3. The Hall–Kier alpha value is -0.690. The average molecular weight is 275 g/mol. The normalized spacial score (nSPS) is 28.5. The number of carbonyl (C=O) groups is 1. The first-order chi connectivity index (χ1) is 9.19. The highest BCUT2D eigenvalue weighted by atomic mass is 16.6. The first kappa shape index (κ1) is 16.4. The molecule has 0 radical (unpaired) electrons. The SMILES string of the molecule is COCCC1CCC(OC)C(OC)N(COC)C1=O. The number of carbonyl (C=O) groups excluding carboxylic acids is 1. The zero-order valence-electron chi connectivity index (χ0n) is 12.3. The Morgan fingerprint density at radius 2 is 1.84 bits per heavy atom. The van der Waals surface area contributed by atoms with E-state index in [0.29, 0.717) is 13.0 Å². The van der Waals surface area contributed by atoms with Gasteiger partial charge in [-0.05, 0) is 19.3 Å². The van der Waals surface area contributed by atoms with E-state index in [4.69, 9.17) is 18.9 Å². The van der Waals surface area contributed by atoms with Gasteiger partial charge in [-0.3, -0.25) is 9.69 Å². The van der Waals surface area contributed by atoms with Gasteiger partial charge in [-0.15, -0.1) is 0 Å². The Labute approximate surface area is 114 Å². The molecular formula is C13H25NO5. The number of amides is 1. The van der Waals surface area contributed by atoms with Crippen molar-refractivity contribution in [2.24, 2.45) is 5.92 Å². The fourth-order valence-electron chi connectivity index (χ4n) is 2.51. The molecule has 112 valence electrons. The first-order valence-electron chi connectivity index (χ1n) is 6.53. The number of hydrogen-bond acceptors (Lipinski definition) is 5. The van der Waals surface area contributed by atoms with Crippen LogP contribution in [-0.2, 0) is 23.7 Å².